The molecule has 0 radical (unpaired) electrons. The summed E-state index contributed by atoms with van der Waals surface area (Å²) in [4.78, 5) is 56.0. The maximum atomic E-state index is 14.4. The summed E-state index contributed by atoms with van der Waals surface area (Å²) in [5.41, 5.74) is 2.72. The molecule has 5 heterocycles. The first-order valence-corrected chi connectivity index (χ1v) is 14.6. The zero-order valence-electron chi connectivity index (χ0n) is 22.8. The lowest BCUT2D eigenvalue weighted by Gasteiger charge is -2.42. The summed E-state index contributed by atoms with van der Waals surface area (Å²) < 4.78 is 28.5. The van der Waals surface area contributed by atoms with E-state index >= 15 is 0 Å². The minimum atomic E-state index is -2.04. The van der Waals surface area contributed by atoms with Crippen LogP contribution in [-0.4, -0.2) is 153 Å². The predicted molar refractivity (Wildman–Crippen MR) is 137 cm³/mol. The summed E-state index contributed by atoms with van der Waals surface area (Å²) >= 11 is 0.898. The highest BCUT2D eigenvalue weighted by molar-refractivity contribution is 7.99. The Hall–Kier alpha value is -2.35. The van der Waals surface area contributed by atoms with Gasteiger partial charge in [0.2, 0.25) is 17.5 Å². The first-order chi connectivity index (χ1) is 20.0. The van der Waals surface area contributed by atoms with Crippen molar-refractivity contribution in [2.45, 2.75) is 60.4 Å². The maximum absolute atomic E-state index is 14.4. The largest absolute Gasteiger partial charge is 0.449 e. The van der Waals surface area contributed by atoms with Gasteiger partial charge in [0.25, 0.3) is 0 Å². The van der Waals surface area contributed by atoms with Gasteiger partial charge in [-0.2, -0.15) is 0 Å². The fraction of sp³-hybridized carbons (Fsp3) is 0.760. The number of aliphatic hydroxyl groups is 4. The van der Waals surface area contributed by atoms with Crippen LogP contribution in [0.4, 0.5) is 4.79 Å². The number of thioether (sulfide) groups is 1. The number of amides is 2. The van der Waals surface area contributed by atoms with E-state index in [4.69, 9.17) is 29.4 Å². The summed E-state index contributed by atoms with van der Waals surface area (Å²) in [5.74, 6) is -5.87. The zero-order valence-corrected chi connectivity index (χ0v) is 23.6. The van der Waals surface area contributed by atoms with E-state index in [1.165, 1.54) is 14.0 Å². The Morgan fingerprint density at radius 3 is 2.40 bits per heavy atom. The van der Waals surface area contributed by atoms with Crippen molar-refractivity contribution in [1.82, 2.24) is 9.80 Å². The zero-order chi connectivity index (χ0) is 30.3. The van der Waals surface area contributed by atoms with Gasteiger partial charge in [-0.3, -0.25) is 14.4 Å². The van der Waals surface area contributed by atoms with E-state index < -0.39 is 90.1 Å². The second kappa shape index (κ2) is 10.4. The standard InChI is InChI=1S/C25H33N3O13S/c1-9(30)28-12-5-27-15-14(10(7-38-23(26)36)24(27,37-2)20(12)28)21(35)25(39-3-4-40-25)11(16(15)31)8-42-22-19(34)18(33)17(32)13(6-29)41-22/h10-13,17-20,22,29,32-34H,3-8H2,1-2H3,(H2,26,36)/t10-,11?,12+,13-,17-,18+,19-,20+,22+,24-,28?/m1/s1. The molecule has 10 atom stereocenters. The smallest absolute Gasteiger partial charge is 0.404 e. The number of primary amides is 1. The van der Waals surface area contributed by atoms with Gasteiger partial charge in [-0.1, -0.05) is 0 Å². The Kier molecular flexibility index (Phi) is 7.34. The summed E-state index contributed by atoms with van der Waals surface area (Å²) in [6.07, 6.45) is -7.00. The molecule has 1 aliphatic carbocycles. The molecule has 1 spiro atoms. The third-order valence-corrected chi connectivity index (χ3v) is 10.4. The van der Waals surface area contributed by atoms with Gasteiger partial charge in [0.15, 0.2) is 11.5 Å². The van der Waals surface area contributed by atoms with Gasteiger partial charge in [0, 0.05) is 31.9 Å². The Morgan fingerprint density at radius 1 is 1.12 bits per heavy atom. The number of aliphatic hydroxyl groups excluding tert-OH is 4. The molecule has 6 aliphatic rings. The number of hydrogen-bond acceptors (Lipinski definition) is 15. The van der Waals surface area contributed by atoms with Crippen LogP contribution in [0, 0.1) is 11.8 Å². The number of nitrogens with two attached hydrogens (primary N) is 1. The van der Waals surface area contributed by atoms with Crippen LogP contribution in [0.25, 0.3) is 0 Å². The Balaban J connectivity index is 1.36. The molecule has 0 aromatic rings. The topological polar surface area (TPSA) is 228 Å². The molecule has 4 fully saturated rings. The minimum absolute atomic E-state index is 0.00653. The SMILES string of the molecule is CO[C@@]12[C@H](COC(N)=O)C3=C(C(=O)C(CS[C@@H]4O[C@H](CO)[C@@H](O)[C@H](O)[C@H]4O)C4(OCCO4)C3=O)N1C[C@H]1[C@@H]2N1C(C)=O. The number of nitrogens with zero attached hydrogens (tertiary/aromatic N) is 2. The molecule has 6 N–H and O–H groups in total. The number of Topliss-reactive ketones (excluding diaryl/α,β-unsaturated/α-hetero) is 2. The van der Waals surface area contributed by atoms with Gasteiger partial charge in [-0.05, 0) is 0 Å². The van der Waals surface area contributed by atoms with E-state index in [0.29, 0.717) is 0 Å². The van der Waals surface area contributed by atoms with Crippen molar-refractivity contribution in [2.75, 3.05) is 45.8 Å². The number of methoxy groups -OCH3 is 1. The van der Waals surface area contributed by atoms with Gasteiger partial charge >= 0.3 is 6.09 Å². The van der Waals surface area contributed by atoms with E-state index in [-0.39, 0.29) is 48.7 Å². The summed E-state index contributed by atoms with van der Waals surface area (Å²) in [7, 11) is 1.39. The lowest BCUT2D eigenvalue weighted by Crippen LogP contribution is -2.59. The van der Waals surface area contributed by atoms with Crippen LogP contribution in [0.1, 0.15) is 6.92 Å². The number of carbonyl (C=O) groups excluding carboxylic acids is 4. The number of allylic oxidation sites excluding steroid dienone is 1. The van der Waals surface area contributed by atoms with Crippen LogP contribution < -0.4 is 5.73 Å². The van der Waals surface area contributed by atoms with Crippen molar-refractivity contribution < 1.29 is 63.3 Å². The normalized spacial score (nSPS) is 41.7. The van der Waals surface area contributed by atoms with Crippen LogP contribution in [-0.2, 0) is 38.1 Å². The monoisotopic (exact) mass is 615 g/mol. The van der Waals surface area contributed by atoms with Crippen molar-refractivity contribution in [2.24, 2.45) is 17.6 Å². The number of rotatable bonds is 7. The molecule has 17 heteroatoms. The van der Waals surface area contributed by atoms with Crippen LogP contribution in [0.15, 0.2) is 11.3 Å². The maximum Gasteiger partial charge on any atom is 0.404 e. The van der Waals surface area contributed by atoms with Gasteiger partial charge in [0.1, 0.15) is 42.5 Å². The minimum Gasteiger partial charge on any atom is -0.449 e. The predicted octanol–water partition coefficient (Wildman–Crippen LogP) is -3.73. The second-order valence-electron chi connectivity index (χ2n) is 11.1. The van der Waals surface area contributed by atoms with E-state index in [1.807, 2.05) is 0 Å². The number of carbonyl (C=O) groups is 4. The van der Waals surface area contributed by atoms with E-state index in [2.05, 4.69) is 0 Å². The molecule has 42 heavy (non-hydrogen) atoms. The number of ketones is 2. The van der Waals surface area contributed by atoms with Crippen LogP contribution in [0.5, 0.6) is 0 Å². The first kappa shape index (κ1) is 29.7. The fourth-order valence-electron chi connectivity index (χ4n) is 7.34. The lowest BCUT2D eigenvalue weighted by molar-refractivity contribution is -0.206. The summed E-state index contributed by atoms with van der Waals surface area (Å²) in [6, 6.07) is -0.830. The molecule has 5 aliphatic heterocycles. The van der Waals surface area contributed by atoms with Crippen molar-refractivity contribution in [3.63, 3.8) is 0 Å². The van der Waals surface area contributed by atoms with Crippen molar-refractivity contribution in [3.05, 3.63) is 11.3 Å². The molecule has 0 aromatic carbocycles. The molecule has 6 rings (SSSR count). The average Bonchev–Trinajstić information content (AvgIpc) is 3.23. The highest BCUT2D eigenvalue weighted by Crippen LogP contribution is 2.61. The van der Waals surface area contributed by atoms with Gasteiger partial charge in [0.05, 0.1) is 43.4 Å². The summed E-state index contributed by atoms with van der Waals surface area (Å²) in [6.45, 7) is 0.566. The van der Waals surface area contributed by atoms with Crippen molar-refractivity contribution in [3.8, 4) is 0 Å². The molecule has 232 valence electrons. The molecule has 2 amide bonds. The fourth-order valence-corrected chi connectivity index (χ4v) is 8.67. The number of piperazine rings is 1. The Morgan fingerprint density at radius 2 is 1.81 bits per heavy atom. The number of fused-ring (bicyclic) bond motifs is 4. The van der Waals surface area contributed by atoms with Crippen LogP contribution in [0.3, 0.4) is 0 Å². The molecule has 4 saturated heterocycles. The molecule has 0 aromatic heterocycles. The quantitative estimate of drug-likeness (QED) is 0.173. The summed E-state index contributed by atoms with van der Waals surface area (Å²) in [5, 5.41) is 40.4. The third kappa shape index (κ3) is 3.92. The number of ether oxygens (including phenoxy) is 5. The van der Waals surface area contributed by atoms with E-state index in [1.54, 1.807) is 9.80 Å². The number of hydrogen-bond donors (Lipinski definition) is 5. The Labute approximate surface area is 243 Å². The third-order valence-electron chi connectivity index (χ3n) is 9.16. The van der Waals surface area contributed by atoms with E-state index in [0.717, 1.165) is 11.8 Å². The molecule has 0 saturated carbocycles. The molecule has 16 nitrogen and oxygen atoms in total. The van der Waals surface area contributed by atoms with Crippen molar-refractivity contribution in [1.29, 1.82) is 0 Å². The van der Waals surface area contributed by atoms with E-state index in [9.17, 15) is 39.6 Å². The molecule has 1 unspecified atom stereocenters. The highest BCUT2D eigenvalue weighted by atomic mass is 32.2. The van der Waals surface area contributed by atoms with Gasteiger partial charge < -0.3 is 59.6 Å². The van der Waals surface area contributed by atoms with Gasteiger partial charge in [-0.15, -0.1) is 11.8 Å². The lowest BCUT2D eigenvalue weighted by atomic mass is 9.76. The molecular formula is C25H33N3O13S. The van der Waals surface area contributed by atoms with Crippen molar-refractivity contribution >= 4 is 35.3 Å². The Bertz CT molecular complexity index is 1220. The van der Waals surface area contributed by atoms with Gasteiger partial charge in [-0.25, -0.2) is 4.79 Å². The van der Waals surface area contributed by atoms with Crippen LogP contribution in [0.2, 0.25) is 0 Å². The van der Waals surface area contributed by atoms with Crippen LogP contribution >= 0.6 is 11.8 Å². The molecule has 0 bridgehead atoms. The second-order valence-corrected chi connectivity index (χ2v) is 12.2. The first-order valence-electron chi connectivity index (χ1n) is 13.5. The average molecular weight is 616 g/mol. The molecular weight excluding hydrogens is 582 g/mol. The highest BCUT2D eigenvalue weighted by Gasteiger charge is 2.79.